The van der Waals surface area contributed by atoms with E-state index in [4.69, 9.17) is 0 Å². The molecule has 0 radical (unpaired) electrons. The molecule has 0 aliphatic heterocycles. The fourth-order valence-corrected chi connectivity index (χ4v) is 2.01. The van der Waals surface area contributed by atoms with Crippen LogP contribution in [0.15, 0.2) is 12.3 Å². The molecule has 3 heteroatoms. The predicted octanol–water partition coefficient (Wildman–Crippen LogP) is 2.19. The molecule has 0 aliphatic rings. The number of nitrogens with one attached hydrogen (secondary N) is 2. The third-order valence-corrected chi connectivity index (χ3v) is 3.19. The lowest BCUT2D eigenvalue weighted by molar-refractivity contribution is 0.302. The van der Waals surface area contributed by atoms with E-state index in [0.717, 1.165) is 39.1 Å². The van der Waals surface area contributed by atoms with Gasteiger partial charge in [-0.2, -0.15) is 0 Å². The van der Waals surface area contributed by atoms with Crippen LogP contribution in [0, 0.1) is 6.92 Å². The monoisotopic (exact) mass is 237 g/mol. The molecule has 0 aromatic carbocycles. The number of likely N-dealkylation sites (N-methyl/N-ethyl adjacent to an activating group) is 1. The first-order valence-electron chi connectivity index (χ1n) is 6.83. The largest absolute Gasteiger partial charge is 0.365 e. The molecule has 0 fully saturated rings. The van der Waals surface area contributed by atoms with Gasteiger partial charge >= 0.3 is 0 Å². The second-order valence-corrected chi connectivity index (χ2v) is 4.58. The Morgan fingerprint density at radius 2 is 2.00 bits per heavy atom. The zero-order valence-electron chi connectivity index (χ0n) is 11.6. The van der Waals surface area contributed by atoms with E-state index in [0.29, 0.717) is 0 Å². The summed E-state index contributed by atoms with van der Waals surface area (Å²) in [5.41, 5.74) is 2.68. The minimum absolute atomic E-state index is 1.10. The molecule has 17 heavy (non-hydrogen) atoms. The van der Waals surface area contributed by atoms with Gasteiger partial charge in [-0.1, -0.05) is 13.8 Å². The Morgan fingerprint density at radius 3 is 2.59 bits per heavy atom. The van der Waals surface area contributed by atoms with Crippen LogP contribution in [0.2, 0.25) is 0 Å². The van der Waals surface area contributed by atoms with E-state index in [-0.39, 0.29) is 0 Å². The lowest BCUT2D eigenvalue weighted by Crippen LogP contribution is -2.32. The van der Waals surface area contributed by atoms with Crippen molar-refractivity contribution in [1.29, 1.82) is 0 Å². The molecule has 0 saturated carbocycles. The number of H-pyrrole nitrogens is 1. The molecule has 0 atom stereocenters. The Kier molecular flexibility index (Phi) is 6.97. The minimum Gasteiger partial charge on any atom is -0.365 e. The van der Waals surface area contributed by atoms with Gasteiger partial charge in [-0.25, -0.2) is 0 Å². The summed E-state index contributed by atoms with van der Waals surface area (Å²) < 4.78 is 0. The van der Waals surface area contributed by atoms with Crippen molar-refractivity contribution in [2.45, 2.75) is 33.6 Å². The minimum atomic E-state index is 1.10. The van der Waals surface area contributed by atoms with Crippen LogP contribution < -0.4 is 5.32 Å². The zero-order valence-corrected chi connectivity index (χ0v) is 11.6. The highest BCUT2D eigenvalue weighted by Crippen LogP contribution is 2.03. The van der Waals surface area contributed by atoms with Gasteiger partial charge in [0, 0.05) is 25.0 Å². The standard InChI is InChI=1S/C14H27N3/c1-4-17(5-2)10-9-15-8-6-7-14-11-13(3)12-16-14/h11-12,15-16H,4-10H2,1-3H3. The van der Waals surface area contributed by atoms with Gasteiger partial charge in [-0.05, 0) is 51.0 Å². The number of hydrogen-bond acceptors (Lipinski definition) is 2. The van der Waals surface area contributed by atoms with Gasteiger partial charge < -0.3 is 15.2 Å². The van der Waals surface area contributed by atoms with E-state index in [1.54, 1.807) is 0 Å². The summed E-state index contributed by atoms with van der Waals surface area (Å²) in [7, 11) is 0. The van der Waals surface area contributed by atoms with Crippen molar-refractivity contribution in [3.8, 4) is 0 Å². The molecule has 0 amide bonds. The molecule has 0 bridgehead atoms. The van der Waals surface area contributed by atoms with Crippen molar-refractivity contribution in [2.75, 3.05) is 32.7 Å². The zero-order chi connectivity index (χ0) is 12.5. The highest BCUT2D eigenvalue weighted by molar-refractivity contribution is 5.14. The first-order chi connectivity index (χ1) is 8.26. The molecule has 2 N–H and O–H groups in total. The van der Waals surface area contributed by atoms with E-state index >= 15 is 0 Å². The molecule has 0 saturated heterocycles. The highest BCUT2D eigenvalue weighted by atomic mass is 15.1. The molecule has 1 heterocycles. The number of nitrogens with zero attached hydrogens (tertiary/aromatic N) is 1. The third-order valence-electron chi connectivity index (χ3n) is 3.19. The molecule has 0 spiro atoms. The van der Waals surface area contributed by atoms with Crippen LogP contribution in [0.3, 0.4) is 0 Å². The predicted molar refractivity (Wildman–Crippen MR) is 74.5 cm³/mol. The smallest absolute Gasteiger partial charge is 0.0150 e. The SMILES string of the molecule is CCN(CC)CCNCCCc1cc(C)c[nH]1. The van der Waals surface area contributed by atoms with E-state index in [1.165, 1.54) is 17.7 Å². The van der Waals surface area contributed by atoms with Gasteiger partial charge in [-0.15, -0.1) is 0 Å². The Bertz CT molecular complexity index is 289. The fraction of sp³-hybridized carbons (Fsp3) is 0.714. The van der Waals surface area contributed by atoms with E-state index < -0.39 is 0 Å². The summed E-state index contributed by atoms with van der Waals surface area (Å²) in [5.74, 6) is 0. The Labute approximate surface area is 106 Å². The molecule has 0 unspecified atom stereocenters. The Balaban J connectivity index is 1.97. The number of aryl methyl sites for hydroxylation is 2. The van der Waals surface area contributed by atoms with Crippen LogP contribution >= 0.6 is 0 Å². The average Bonchev–Trinajstić information content (AvgIpc) is 2.74. The van der Waals surface area contributed by atoms with Crippen LogP contribution in [-0.2, 0) is 6.42 Å². The molecule has 1 aromatic heterocycles. The molecule has 3 nitrogen and oxygen atoms in total. The molecular weight excluding hydrogens is 210 g/mol. The number of aromatic nitrogens is 1. The fourth-order valence-electron chi connectivity index (χ4n) is 2.01. The molecule has 98 valence electrons. The molecule has 1 aromatic rings. The van der Waals surface area contributed by atoms with Crippen molar-refractivity contribution >= 4 is 0 Å². The third kappa shape index (κ3) is 5.89. The van der Waals surface area contributed by atoms with Gasteiger partial charge in [0.25, 0.3) is 0 Å². The van der Waals surface area contributed by atoms with Crippen LogP contribution in [0.25, 0.3) is 0 Å². The first kappa shape index (κ1) is 14.3. The van der Waals surface area contributed by atoms with Crippen LogP contribution in [0.1, 0.15) is 31.5 Å². The Hall–Kier alpha value is -0.800. The van der Waals surface area contributed by atoms with Crippen molar-refractivity contribution in [3.63, 3.8) is 0 Å². The summed E-state index contributed by atoms with van der Waals surface area (Å²) in [6, 6.07) is 2.23. The van der Waals surface area contributed by atoms with Gasteiger partial charge in [0.2, 0.25) is 0 Å². The lowest BCUT2D eigenvalue weighted by Gasteiger charge is -2.17. The second kappa shape index (κ2) is 8.31. The van der Waals surface area contributed by atoms with E-state index in [1.807, 2.05) is 0 Å². The van der Waals surface area contributed by atoms with Crippen LogP contribution in [-0.4, -0.2) is 42.6 Å². The van der Waals surface area contributed by atoms with Gasteiger partial charge in [-0.3, -0.25) is 0 Å². The number of rotatable bonds is 9. The second-order valence-electron chi connectivity index (χ2n) is 4.58. The molecule has 1 rings (SSSR count). The first-order valence-corrected chi connectivity index (χ1v) is 6.83. The van der Waals surface area contributed by atoms with Crippen molar-refractivity contribution in [1.82, 2.24) is 15.2 Å². The van der Waals surface area contributed by atoms with Gasteiger partial charge in [0.15, 0.2) is 0 Å². The maximum atomic E-state index is 3.51. The maximum Gasteiger partial charge on any atom is 0.0150 e. The summed E-state index contributed by atoms with van der Waals surface area (Å²) in [6.07, 6.45) is 4.42. The van der Waals surface area contributed by atoms with Gasteiger partial charge in [0.1, 0.15) is 0 Å². The number of hydrogen-bond donors (Lipinski definition) is 2. The number of aromatic amines is 1. The van der Waals surface area contributed by atoms with E-state index in [2.05, 4.69) is 48.2 Å². The van der Waals surface area contributed by atoms with Crippen LogP contribution in [0.5, 0.6) is 0 Å². The highest BCUT2D eigenvalue weighted by Gasteiger charge is 1.98. The normalized spacial score (nSPS) is 11.3. The topological polar surface area (TPSA) is 31.1 Å². The summed E-state index contributed by atoms with van der Waals surface area (Å²) >= 11 is 0. The average molecular weight is 237 g/mol. The summed E-state index contributed by atoms with van der Waals surface area (Å²) in [6.45, 7) is 12.2. The van der Waals surface area contributed by atoms with Crippen molar-refractivity contribution < 1.29 is 0 Å². The van der Waals surface area contributed by atoms with E-state index in [9.17, 15) is 0 Å². The maximum absolute atomic E-state index is 3.51. The molecular formula is C14H27N3. The summed E-state index contributed by atoms with van der Waals surface area (Å²) in [5, 5.41) is 3.51. The summed E-state index contributed by atoms with van der Waals surface area (Å²) in [4.78, 5) is 5.74. The van der Waals surface area contributed by atoms with Crippen molar-refractivity contribution in [2.24, 2.45) is 0 Å². The quantitative estimate of drug-likeness (QED) is 0.645. The lowest BCUT2D eigenvalue weighted by atomic mass is 10.2. The Morgan fingerprint density at radius 1 is 1.24 bits per heavy atom. The van der Waals surface area contributed by atoms with Gasteiger partial charge in [0.05, 0.1) is 0 Å². The van der Waals surface area contributed by atoms with Crippen molar-refractivity contribution in [3.05, 3.63) is 23.5 Å². The van der Waals surface area contributed by atoms with Crippen LogP contribution in [0.4, 0.5) is 0 Å². The molecule has 0 aliphatic carbocycles.